The summed E-state index contributed by atoms with van der Waals surface area (Å²) in [5.74, 6) is 0.452. The zero-order valence-corrected chi connectivity index (χ0v) is 15.9. The van der Waals surface area contributed by atoms with Crippen LogP contribution in [0.1, 0.15) is 45.2 Å². The van der Waals surface area contributed by atoms with Crippen molar-refractivity contribution in [2.24, 2.45) is 0 Å². The molecule has 0 aliphatic heterocycles. The number of carbonyl (C=O) groups excluding carboxylic acids is 1. The smallest absolute Gasteiger partial charge is 0.264 e. The number of benzene rings is 1. The van der Waals surface area contributed by atoms with Crippen molar-refractivity contribution in [3.05, 3.63) is 57.6 Å². The van der Waals surface area contributed by atoms with Crippen LogP contribution in [0.2, 0.25) is 0 Å². The van der Waals surface area contributed by atoms with E-state index in [0.29, 0.717) is 17.2 Å². The number of carbonyl (C=O) groups is 1. The van der Waals surface area contributed by atoms with Crippen LogP contribution in [0.3, 0.4) is 0 Å². The van der Waals surface area contributed by atoms with Crippen molar-refractivity contribution in [2.75, 3.05) is 0 Å². The van der Waals surface area contributed by atoms with Crippen LogP contribution < -0.4 is 0 Å². The van der Waals surface area contributed by atoms with Crippen molar-refractivity contribution in [3.8, 4) is 0 Å². The van der Waals surface area contributed by atoms with E-state index >= 15 is 0 Å². The second-order valence-corrected chi connectivity index (χ2v) is 7.89. The van der Waals surface area contributed by atoms with E-state index < -0.39 is 0 Å². The fourth-order valence-electron chi connectivity index (χ4n) is 3.39. The van der Waals surface area contributed by atoms with Gasteiger partial charge in [0.05, 0.1) is 4.88 Å². The van der Waals surface area contributed by atoms with Gasteiger partial charge in [0, 0.05) is 23.7 Å². The molecule has 4 nitrogen and oxygen atoms in total. The largest absolute Gasteiger partial charge is 0.331 e. The Morgan fingerprint density at radius 3 is 2.73 bits per heavy atom. The van der Waals surface area contributed by atoms with E-state index in [1.807, 2.05) is 31.7 Å². The molecule has 1 aliphatic rings. The minimum Gasteiger partial charge on any atom is -0.331 e. The molecule has 2 heterocycles. The van der Waals surface area contributed by atoms with Crippen LogP contribution in [0.5, 0.6) is 0 Å². The average molecular weight is 369 g/mol. The summed E-state index contributed by atoms with van der Waals surface area (Å²) < 4.78 is 13.5. The van der Waals surface area contributed by atoms with Crippen LogP contribution in [0.15, 0.2) is 24.3 Å². The molecule has 3 aromatic rings. The van der Waals surface area contributed by atoms with Crippen molar-refractivity contribution in [2.45, 2.75) is 46.2 Å². The van der Waals surface area contributed by atoms with E-state index in [1.165, 1.54) is 23.5 Å². The third kappa shape index (κ3) is 3.09. The Morgan fingerprint density at radius 2 is 2.04 bits per heavy atom. The lowest BCUT2D eigenvalue weighted by Gasteiger charge is -2.22. The highest BCUT2D eigenvalue weighted by Crippen LogP contribution is 2.36. The van der Waals surface area contributed by atoms with Gasteiger partial charge in [0.2, 0.25) is 0 Å². The number of hydrogen-bond acceptors (Lipinski definition) is 4. The van der Waals surface area contributed by atoms with Gasteiger partial charge in [-0.2, -0.15) is 0 Å². The summed E-state index contributed by atoms with van der Waals surface area (Å²) in [6.07, 6.45) is 2.01. The van der Waals surface area contributed by atoms with Gasteiger partial charge in [-0.1, -0.05) is 12.1 Å². The predicted molar refractivity (Wildman–Crippen MR) is 101 cm³/mol. The molecule has 0 radical (unpaired) electrons. The molecule has 0 bridgehead atoms. The molecule has 0 unspecified atom stereocenters. The van der Waals surface area contributed by atoms with Crippen LogP contribution >= 0.6 is 11.3 Å². The number of amides is 1. The second-order valence-electron chi connectivity index (χ2n) is 6.89. The summed E-state index contributed by atoms with van der Waals surface area (Å²) in [6.45, 7) is 6.21. The summed E-state index contributed by atoms with van der Waals surface area (Å²) in [7, 11) is 0. The SMILES string of the molecule is Cc1nc(C)c2c(C)c(C(=O)N(Cc3cccc(F)c3)C3CC3)sc2n1. The first kappa shape index (κ1) is 17.1. The first-order valence-corrected chi connectivity index (χ1v) is 9.55. The molecule has 2 aromatic heterocycles. The van der Waals surface area contributed by atoms with Crippen molar-refractivity contribution >= 4 is 27.5 Å². The first-order valence-electron chi connectivity index (χ1n) is 8.74. The van der Waals surface area contributed by atoms with Gasteiger partial charge in [-0.05, 0) is 56.9 Å². The molecule has 0 saturated heterocycles. The second kappa shape index (κ2) is 6.43. The number of aromatic nitrogens is 2. The molecule has 1 aromatic carbocycles. The fraction of sp³-hybridized carbons (Fsp3) is 0.350. The predicted octanol–water partition coefficient (Wildman–Crippen LogP) is 4.56. The molecule has 0 N–H and O–H groups in total. The van der Waals surface area contributed by atoms with Gasteiger partial charge in [0.25, 0.3) is 5.91 Å². The Balaban J connectivity index is 1.71. The van der Waals surface area contributed by atoms with Crippen LogP contribution in [0.4, 0.5) is 4.39 Å². The third-order valence-electron chi connectivity index (χ3n) is 4.77. The van der Waals surface area contributed by atoms with E-state index in [-0.39, 0.29) is 17.8 Å². The van der Waals surface area contributed by atoms with Crippen molar-refractivity contribution in [3.63, 3.8) is 0 Å². The zero-order valence-electron chi connectivity index (χ0n) is 15.0. The maximum absolute atomic E-state index is 13.5. The van der Waals surface area contributed by atoms with E-state index in [1.54, 1.807) is 6.07 Å². The van der Waals surface area contributed by atoms with Gasteiger partial charge in [0.15, 0.2) is 0 Å². The van der Waals surface area contributed by atoms with Crippen LogP contribution in [0.25, 0.3) is 10.2 Å². The summed E-state index contributed by atoms with van der Waals surface area (Å²) in [6, 6.07) is 6.71. The Kier molecular flexibility index (Phi) is 4.23. The number of fused-ring (bicyclic) bond motifs is 1. The third-order valence-corrected chi connectivity index (χ3v) is 5.94. The van der Waals surface area contributed by atoms with Crippen molar-refractivity contribution in [1.82, 2.24) is 14.9 Å². The molecule has 0 atom stereocenters. The molecule has 1 saturated carbocycles. The minimum absolute atomic E-state index is 0.00862. The van der Waals surface area contributed by atoms with E-state index in [0.717, 1.165) is 39.9 Å². The fourth-order valence-corrected chi connectivity index (χ4v) is 4.63. The summed E-state index contributed by atoms with van der Waals surface area (Å²) >= 11 is 1.43. The lowest BCUT2D eigenvalue weighted by molar-refractivity contribution is 0.0734. The first-order chi connectivity index (χ1) is 12.4. The van der Waals surface area contributed by atoms with Gasteiger partial charge in [-0.15, -0.1) is 11.3 Å². The maximum atomic E-state index is 13.5. The number of thiophene rings is 1. The Bertz CT molecular complexity index is 1010. The standard InChI is InChI=1S/C20H20FN3OS/c1-11-17-12(2)22-13(3)23-19(17)26-18(11)20(25)24(16-7-8-16)10-14-5-4-6-15(21)9-14/h4-6,9,16H,7-8,10H2,1-3H3. The summed E-state index contributed by atoms with van der Waals surface area (Å²) in [5.41, 5.74) is 2.66. The molecule has 1 aliphatic carbocycles. The van der Waals surface area contributed by atoms with E-state index in [4.69, 9.17) is 0 Å². The highest BCUT2D eigenvalue weighted by atomic mass is 32.1. The molecule has 4 rings (SSSR count). The van der Waals surface area contributed by atoms with E-state index in [9.17, 15) is 9.18 Å². The van der Waals surface area contributed by atoms with Crippen LogP contribution in [0, 0.1) is 26.6 Å². The van der Waals surface area contributed by atoms with Gasteiger partial charge in [0.1, 0.15) is 16.5 Å². The topological polar surface area (TPSA) is 46.1 Å². The Labute approximate surface area is 155 Å². The number of rotatable bonds is 4. The highest BCUT2D eigenvalue weighted by Gasteiger charge is 2.35. The molecule has 6 heteroatoms. The molecule has 0 spiro atoms. The number of halogens is 1. The number of aryl methyl sites for hydroxylation is 3. The number of hydrogen-bond donors (Lipinski definition) is 0. The van der Waals surface area contributed by atoms with Crippen molar-refractivity contribution < 1.29 is 9.18 Å². The zero-order chi connectivity index (χ0) is 18.4. The summed E-state index contributed by atoms with van der Waals surface area (Å²) in [4.78, 5) is 25.7. The highest BCUT2D eigenvalue weighted by molar-refractivity contribution is 7.20. The van der Waals surface area contributed by atoms with Crippen molar-refractivity contribution in [1.29, 1.82) is 0 Å². The normalized spacial score (nSPS) is 14.0. The maximum Gasteiger partial charge on any atom is 0.264 e. The van der Waals surface area contributed by atoms with Crippen LogP contribution in [-0.2, 0) is 6.54 Å². The molecular formula is C20H20FN3OS. The molecule has 1 fully saturated rings. The lowest BCUT2D eigenvalue weighted by Crippen LogP contribution is -2.32. The summed E-state index contributed by atoms with van der Waals surface area (Å²) in [5, 5.41) is 0.977. The lowest BCUT2D eigenvalue weighted by atomic mass is 10.1. The molecule has 26 heavy (non-hydrogen) atoms. The molecular weight excluding hydrogens is 349 g/mol. The Hall–Kier alpha value is -2.34. The monoisotopic (exact) mass is 369 g/mol. The van der Waals surface area contributed by atoms with E-state index in [2.05, 4.69) is 9.97 Å². The Morgan fingerprint density at radius 1 is 1.27 bits per heavy atom. The van der Waals surface area contributed by atoms with Gasteiger partial charge in [-0.25, -0.2) is 14.4 Å². The molecule has 1 amide bonds. The molecule has 134 valence electrons. The average Bonchev–Trinajstić information content (AvgIpc) is 3.36. The minimum atomic E-state index is -0.273. The van der Waals surface area contributed by atoms with Gasteiger partial charge in [-0.3, -0.25) is 4.79 Å². The van der Waals surface area contributed by atoms with Crippen LogP contribution in [-0.4, -0.2) is 26.8 Å². The van der Waals surface area contributed by atoms with Gasteiger partial charge < -0.3 is 4.90 Å². The number of nitrogens with zero attached hydrogens (tertiary/aromatic N) is 3. The van der Waals surface area contributed by atoms with Gasteiger partial charge >= 0.3 is 0 Å². The quantitative estimate of drug-likeness (QED) is 0.677.